The zero-order chi connectivity index (χ0) is 13.6. The van der Waals surface area contributed by atoms with Gasteiger partial charge in [-0.2, -0.15) is 0 Å². The maximum Gasteiger partial charge on any atom is 0.0685 e. The molecule has 5 heteroatoms. The van der Waals surface area contributed by atoms with Gasteiger partial charge in [0.1, 0.15) is 0 Å². The zero-order valence-corrected chi connectivity index (χ0v) is 12.4. The maximum absolute atomic E-state index is 6.08. The summed E-state index contributed by atoms with van der Waals surface area (Å²) in [6.07, 6.45) is 6.26. The predicted molar refractivity (Wildman–Crippen MR) is 78.2 cm³/mol. The van der Waals surface area contributed by atoms with Crippen molar-refractivity contribution in [3.63, 3.8) is 0 Å². The number of ether oxygens (including phenoxy) is 1. The van der Waals surface area contributed by atoms with E-state index in [9.17, 15) is 0 Å². The van der Waals surface area contributed by atoms with Crippen LogP contribution in [0.25, 0.3) is 0 Å². The molecular formula is C15H28N4O. The Kier molecular flexibility index (Phi) is 3.51. The molecule has 1 saturated carbocycles. The molecule has 114 valence electrons. The number of fused-ring (bicyclic) bond motifs is 3. The van der Waals surface area contributed by atoms with Crippen LogP contribution in [0.5, 0.6) is 0 Å². The van der Waals surface area contributed by atoms with E-state index in [-0.39, 0.29) is 5.60 Å². The minimum absolute atomic E-state index is 0.224. The first-order valence-electron chi connectivity index (χ1n) is 8.36. The lowest BCUT2D eigenvalue weighted by Gasteiger charge is -2.54. The van der Waals surface area contributed by atoms with Gasteiger partial charge in [0, 0.05) is 51.4 Å². The van der Waals surface area contributed by atoms with Gasteiger partial charge in [0.2, 0.25) is 0 Å². The van der Waals surface area contributed by atoms with E-state index in [1.165, 1.54) is 64.8 Å². The van der Waals surface area contributed by atoms with Gasteiger partial charge >= 0.3 is 0 Å². The molecule has 3 atom stereocenters. The van der Waals surface area contributed by atoms with Gasteiger partial charge in [0.15, 0.2) is 0 Å². The predicted octanol–water partition coefficient (Wildman–Crippen LogP) is 0.167. The molecule has 5 aliphatic rings. The van der Waals surface area contributed by atoms with Crippen molar-refractivity contribution in [2.24, 2.45) is 11.8 Å². The van der Waals surface area contributed by atoms with Gasteiger partial charge in [0.05, 0.1) is 5.60 Å². The smallest absolute Gasteiger partial charge is 0.0685 e. The molecule has 5 nitrogen and oxygen atoms in total. The summed E-state index contributed by atoms with van der Waals surface area (Å²) < 4.78 is 6.08. The number of hydrazine groups is 1. The van der Waals surface area contributed by atoms with E-state index >= 15 is 0 Å². The van der Waals surface area contributed by atoms with Crippen LogP contribution >= 0.6 is 0 Å². The van der Waals surface area contributed by atoms with Crippen molar-refractivity contribution in [3.05, 3.63) is 0 Å². The van der Waals surface area contributed by atoms with Gasteiger partial charge in [-0.25, -0.2) is 0 Å². The van der Waals surface area contributed by atoms with Crippen LogP contribution in [-0.4, -0.2) is 66.8 Å². The molecule has 4 heterocycles. The first-order chi connectivity index (χ1) is 9.80. The normalized spacial score (nSPS) is 44.2. The second-order valence-electron chi connectivity index (χ2n) is 7.23. The van der Waals surface area contributed by atoms with Crippen molar-refractivity contribution in [2.75, 3.05) is 39.3 Å². The Labute approximate surface area is 121 Å². The number of hydrogen-bond donors (Lipinski definition) is 2. The molecule has 4 aliphatic heterocycles. The van der Waals surface area contributed by atoms with Crippen molar-refractivity contribution in [3.8, 4) is 0 Å². The number of nitrogens with zero attached hydrogens (tertiary/aromatic N) is 2. The summed E-state index contributed by atoms with van der Waals surface area (Å²) in [5.41, 5.74) is 3.41. The van der Waals surface area contributed by atoms with Gasteiger partial charge < -0.3 is 4.74 Å². The van der Waals surface area contributed by atoms with Gasteiger partial charge in [0.25, 0.3) is 0 Å². The molecular weight excluding hydrogens is 252 g/mol. The molecule has 5 fully saturated rings. The Morgan fingerprint density at radius 3 is 2.55 bits per heavy atom. The van der Waals surface area contributed by atoms with E-state index in [4.69, 9.17) is 10.6 Å². The molecule has 0 aromatic carbocycles. The fourth-order valence-electron chi connectivity index (χ4n) is 4.85. The third-order valence-corrected chi connectivity index (χ3v) is 6.23. The molecule has 1 aliphatic carbocycles. The summed E-state index contributed by atoms with van der Waals surface area (Å²) in [6, 6.07) is 1.03. The number of nitrogens with one attached hydrogen (secondary N) is 1. The zero-order valence-electron chi connectivity index (χ0n) is 12.4. The SMILES string of the molecule is NNC(C1CCOC2(CCC2)C1)C1CN2CCN1CC2. The maximum atomic E-state index is 6.08. The van der Waals surface area contributed by atoms with Crippen LogP contribution in [0.1, 0.15) is 32.1 Å². The average Bonchev–Trinajstić information content (AvgIpc) is 2.48. The third kappa shape index (κ3) is 2.20. The highest BCUT2D eigenvalue weighted by molar-refractivity contribution is 5.02. The molecule has 0 radical (unpaired) electrons. The average molecular weight is 280 g/mol. The standard InChI is InChI=1S/C15H28N4O/c16-17-14(13-11-18-5-7-19(13)8-6-18)12-2-9-20-15(10-12)3-1-4-15/h12-14,17H,1-11,16H2. The van der Waals surface area contributed by atoms with Crippen molar-refractivity contribution >= 4 is 0 Å². The lowest BCUT2D eigenvalue weighted by Crippen LogP contribution is -2.69. The summed E-state index contributed by atoms with van der Waals surface area (Å²) in [7, 11) is 0. The van der Waals surface area contributed by atoms with E-state index in [0.717, 1.165) is 6.61 Å². The molecule has 4 saturated heterocycles. The van der Waals surface area contributed by atoms with Gasteiger partial charge in [-0.05, 0) is 38.0 Å². The summed E-state index contributed by atoms with van der Waals surface area (Å²) in [5.74, 6) is 6.66. The molecule has 0 amide bonds. The van der Waals surface area contributed by atoms with Crippen molar-refractivity contribution in [1.82, 2.24) is 15.2 Å². The highest BCUT2D eigenvalue weighted by Gasteiger charge is 2.47. The van der Waals surface area contributed by atoms with Crippen LogP contribution in [0.4, 0.5) is 0 Å². The molecule has 20 heavy (non-hydrogen) atoms. The summed E-state index contributed by atoms with van der Waals surface area (Å²) in [5, 5.41) is 0. The van der Waals surface area contributed by atoms with Crippen molar-refractivity contribution < 1.29 is 4.74 Å². The van der Waals surface area contributed by atoms with Crippen molar-refractivity contribution in [2.45, 2.75) is 49.8 Å². The van der Waals surface area contributed by atoms with E-state index < -0.39 is 0 Å². The topological polar surface area (TPSA) is 53.8 Å². The highest BCUT2D eigenvalue weighted by Crippen LogP contribution is 2.45. The molecule has 5 rings (SSSR count). The molecule has 3 N–H and O–H groups in total. The van der Waals surface area contributed by atoms with Gasteiger partial charge in [-0.3, -0.25) is 21.1 Å². The van der Waals surface area contributed by atoms with E-state index in [0.29, 0.717) is 18.0 Å². The highest BCUT2D eigenvalue weighted by atomic mass is 16.5. The molecule has 0 aromatic rings. The Bertz CT molecular complexity index is 352. The Balaban J connectivity index is 1.47. The van der Waals surface area contributed by atoms with Crippen LogP contribution in [-0.2, 0) is 4.74 Å². The van der Waals surface area contributed by atoms with Crippen LogP contribution in [0.2, 0.25) is 0 Å². The van der Waals surface area contributed by atoms with Crippen molar-refractivity contribution in [1.29, 1.82) is 0 Å². The quantitative estimate of drug-likeness (QED) is 0.570. The third-order valence-electron chi connectivity index (χ3n) is 6.23. The fourth-order valence-corrected chi connectivity index (χ4v) is 4.85. The lowest BCUT2D eigenvalue weighted by molar-refractivity contribution is -0.152. The molecule has 0 aromatic heterocycles. The summed E-state index contributed by atoms with van der Waals surface area (Å²) in [4.78, 5) is 5.26. The minimum Gasteiger partial charge on any atom is -0.375 e. The largest absolute Gasteiger partial charge is 0.375 e. The van der Waals surface area contributed by atoms with Crippen LogP contribution in [0.15, 0.2) is 0 Å². The molecule has 2 bridgehead atoms. The Hall–Kier alpha value is -0.200. The minimum atomic E-state index is 0.224. The monoisotopic (exact) mass is 280 g/mol. The number of nitrogens with two attached hydrogens (primary N) is 1. The van der Waals surface area contributed by atoms with Gasteiger partial charge in [-0.15, -0.1) is 0 Å². The Morgan fingerprint density at radius 1 is 1.20 bits per heavy atom. The molecule has 1 spiro atoms. The van der Waals surface area contributed by atoms with E-state index in [2.05, 4.69) is 15.2 Å². The first-order valence-corrected chi connectivity index (χ1v) is 8.36. The fraction of sp³-hybridized carbons (Fsp3) is 1.00. The number of piperazine rings is 3. The van der Waals surface area contributed by atoms with Crippen LogP contribution in [0, 0.1) is 5.92 Å². The lowest BCUT2D eigenvalue weighted by atomic mass is 9.69. The van der Waals surface area contributed by atoms with Crippen LogP contribution in [0.3, 0.4) is 0 Å². The summed E-state index contributed by atoms with van der Waals surface area (Å²) in [6.45, 7) is 7.05. The first kappa shape index (κ1) is 13.5. The van der Waals surface area contributed by atoms with E-state index in [1.807, 2.05) is 0 Å². The number of rotatable bonds is 3. The van der Waals surface area contributed by atoms with E-state index in [1.54, 1.807) is 0 Å². The second-order valence-corrected chi connectivity index (χ2v) is 7.23. The Morgan fingerprint density at radius 2 is 2.00 bits per heavy atom. The van der Waals surface area contributed by atoms with Gasteiger partial charge in [-0.1, -0.05) is 0 Å². The molecule has 3 unspecified atom stereocenters. The second kappa shape index (κ2) is 5.21. The summed E-state index contributed by atoms with van der Waals surface area (Å²) >= 11 is 0. The number of hydrogen-bond acceptors (Lipinski definition) is 5. The van der Waals surface area contributed by atoms with Crippen LogP contribution < -0.4 is 11.3 Å².